The van der Waals surface area contributed by atoms with Crippen molar-refractivity contribution in [2.45, 2.75) is 77.8 Å². The van der Waals surface area contributed by atoms with Gasteiger partial charge in [-0.1, -0.05) is 31.8 Å². The smallest absolute Gasteiger partial charge is 0.438 e. The van der Waals surface area contributed by atoms with Crippen LogP contribution in [0.4, 0.5) is 9.59 Å². The highest BCUT2D eigenvalue weighted by Gasteiger charge is 2.14. The molecule has 0 aliphatic carbocycles. The average Bonchev–Trinajstić information content (AvgIpc) is 2.68. The molecular weight excluding hydrogens is 400 g/mol. The highest BCUT2D eigenvalue weighted by atomic mass is 16.8. The zero-order chi connectivity index (χ0) is 22.8. The lowest BCUT2D eigenvalue weighted by atomic mass is 10.1. The minimum atomic E-state index is -1.02. The molecule has 0 aromatic carbocycles. The first-order valence-corrected chi connectivity index (χ1v) is 9.84. The Morgan fingerprint density at radius 2 is 1.20 bits per heavy atom. The van der Waals surface area contributed by atoms with Crippen LogP contribution in [0.15, 0.2) is 12.2 Å². The number of methoxy groups -OCH3 is 2. The Morgan fingerprint density at radius 1 is 0.700 bits per heavy atom. The van der Waals surface area contributed by atoms with Crippen LogP contribution in [0.5, 0.6) is 0 Å². The number of esters is 2. The third-order valence-electron chi connectivity index (χ3n) is 3.69. The number of allylic oxidation sites excluding steroid dienone is 1. The van der Waals surface area contributed by atoms with Gasteiger partial charge >= 0.3 is 24.2 Å². The molecule has 0 aromatic heterocycles. The van der Waals surface area contributed by atoms with E-state index in [0.29, 0.717) is 6.42 Å². The molecule has 10 heteroatoms. The van der Waals surface area contributed by atoms with Crippen molar-refractivity contribution in [1.29, 1.82) is 0 Å². The second-order valence-electron chi connectivity index (χ2n) is 6.27. The van der Waals surface area contributed by atoms with Crippen molar-refractivity contribution < 1.29 is 47.6 Å². The summed E-state index contributed by atoms with van der Waals surface area (Å²) in [7, 11) is 2.34. The van der Waals surface area contributed by atoms with E-state index in [1.165, 1.54) is 27.0 Å². The molecule has 0 saturated heterocycles. The van der Waals surface area contributed by atoms with Gasteiger partial charge in [0.25, 0.3) is 0 Å². The van der Waals surface area contributed by atoms with Gasteiger partial charge in [-0.05, 0) is 19.3 Å². The van der Waals surface area contributed by atoms with Gasteiger partial charge in [0.15, 0.2) is 0 Å². The van der Waals surface area contributed by atoms with Gasteiger partial charge in [0, 0.05) is 26.3 Å². The molecule has 0 N–H and O–H groups in total. The van der Waals surface area contributed by atoms with E-state index < -0.39 is 36.8 Å². The van der Waals surface area contributed by atoms with Crippen molar-refractivity contribution in [3.63, 3.8) is 0 Å². The minimum Gasteiger partial charge on any atom is -0.438 e. The summed E-state index contributed by atoms with van der Waals surface area (Å²) in [6.07, 6.45) is 5.69. The molecule has 0 fully saturated rings. The van der Waals surface area contributed by atoms with Crippen LogP contribution in [0.1, 0.15) is 65.2 Å². The molecular formula is C20H32O10. The second kappa shape index (κ2) is 17.1. The fourth-order valence-corrected chi connectivity index (χ4v) is 2.28. The zero-order valence-corrected chi connectivity index (χ0v) is 18.0. The number of carbonyl (C=O) groups excluding carboxylic acids is 4. The van der Waals surface area contributed by atoms with Crippen molar-refractivity contribution >= 4 is 24.2 Å². The molecule has 172 valence electrons. The highest BCUT2D eigenvalue weighted by Crippen LogP contribution is 2.10. The monoisotopic (exact) mass is 432 g/mol. The third-order valence-corrected chi connectivity index (χ3v) is 3.69. The number of hydrogen-bond acceptors (Lipinski definition) is 10. The summed E-state index contributed by atoms with van der Waals surface area (Å²) >= 11 is 0. The van der Waals surface area contributed by atoms with Crippen LogP contribution in [0.2, 0.25) is 0 Å². The van der Waals surface area contributed by atoms with Crippen LogP contribution in [0.25, 0.3) is 0 Å². The van der Waals surface area contributed by atoms with Crippen LogP contribution in [0, 0.1) is 0 Å². The first-order valence-electron chi connectivity index (χ1n) is 9.84. The fourth-order valence-electron chi connectivity index (χ4n) is 2.28. The Labute approximate surface area is 176 Å². The number of ether oxygens (including phenoxy) is 6. The Balaban J connectivity index is 3.62. The molecule has 0 heterocycles. The maximum Gasteiger partial charge on any atom is 0.511 e. The Hall–Kier alpha value is -2.78. The summed E-state index contributed by atoms with van der Waals surface area (Å²) in [5.41, 5.74) is 0. The highest BCUT2D eigenvalue weighted by molar-refractivity contribution is 5.82. The minimum absolute atomic E-state index is 0.262. The maximum atomic E-state index is 11.6. The lowest BCUT2D eigenvalue weighted by Crippen LogP contribution is -2.21. The van der Waals surface area contributed by atoms with E-state index >= 15 is 0 Å². The summed E-state index contributed by atoms with van der Waals surface area (Å²) < 4.78 is 27.6. The van der Waals surface area contributed by atoms with Crippen molar-refractivity contribution in [2.24, 2.45) is 0 Å². The van der Waals surface area contributed by atoms with Crippen LogP contribution in [-0.2, 0) is 38.0 Å². The largest absolute Gasteiger partial charge is 0.511 e. The Morgan fingerprint density at radius 3 is 1.77 bits per heavy atom. The van der Waals surface area contributed by atoms with Gasteiger partial charge in [-0.3, -0.25) is 4.79 Å². The van der Waals surface area contributed by atoms with Gasteiger partial charge in [-0.25, -0.2) is 14.4 Å². The summed E-state index contributed by atoms with van der Waals surface area (Å²) in [4.78, 5) is 44.8. The second-order valence-corrected chi connectivity index (χ2v) is 6.27. The molecule has 2 unspecified atom stereocenters. The van der Waals surface area contributed by atoms with E-state index in [0.717, 1.165) is 45.6 Å². The molecule has 0 aliphatic rings. The van der Waals surface area contributed by atoms with Crippen LogP contribution in [0.3, 0.4) is 0 Å². The van der Waals surface area contributed by atoms with E-state index in [2.05, 4.69) is 18.9 Å². The van der Waals surface area contributed by atoms with Gasteiger partial charge in [0.05, 0.1) is 14.2 Å². The summed E-state index contributed by atoms with van der Waals surface area (Å²) in [5.74, 6) is -1.01. The molecule has 0 saturated carbocycles. The Bertz CT molecular complexity index is 558. The van der Waals surface area contributed by atoms with Crippen molar-refractivity contribution in [2.75, 3.05) is 14.2 Å². The number of hydrogen-bond donors (Lipinski definition) is 0. The molecule has 0 aliphatic heterocycles. The first kappa shape index (κ1) is 27.2. The van der Waals surface area contributed by atoms with Gasteiger partial charge < -0.3 is 28.4 Å². The summed E-state index contributed by atoms with van der Waals surface area (Å²) in [5, 5.41) is 0. The van der Waals surface area contributed by atoms with Crippen molar-refractivity contribution in [3.8, 4) is 0 Å². The van der Waals surface area contributed by atoms with E-state index in [-0.39, 0.29) is 6.42 Å². The molecule has 2 atom stereocenters. The van der Waals surface area contributed by atoms with Crippen LogP contribution < -0.4 is 0 Å². The van der Waals surface area contributed by atoms with Crippen molar-refractivity contribution in [1.82, 2.24) is 0 Å². The topological polar surface area (TPSA) is 124 Å². The fraction of sp³-hybridized carbons (Fsp3) is 0.700. The molecule has 0 spiro atoms. The predicted octanol–water partition coefficient (Wildman–Crippen LogP) is 4.01. The van der Waals surface area contributed by atoms with Gasteiger partial charge in [-0.15, -0.1) is 0 Å². The van der Waals surface area contributed by atoms with E-state index in [1.54, 1.807) is 6.08 Å². The molecule has 0 amide bonds. The van der Waals surface area contributed by atoms with Gasteiger partial charge in [0.2, 0.25) is 12.6 Å². The van der Waals surface area contributed by atoms with E-state index in [9.17, 15) is 19.2 Å². The molecule has 0 bridgehead atoms. The van der Waals surface area contributed by atoms with E-state index in [1.807, 2.05) is 0 Å². The first-order chi connectivity index (χ1) is 14.3. The Kier molecular flexibility index (Phi) is 15.5. The lowest BCUT2D eigenvalue weighted by Gasteiger charge is -2.12. The quantitative estimate of drug-likeness (QED) is 0.131. The zero-order valence-electron chi connectivity index (χ0n) is 18.0. The standard InChI is InChI=1S/C20H32O10/c1-15(29-19(23)25-3)27-17(21)13-11-9-7-5-6-8-10-12-14-18(22)28-16(2)30-20(24)26-4/h11,13,15-16H,5-10,12,14H2,1-4H3. The number of carbonyl (C=O) groups is 4. The van der Waals surface area contributed by atoms with Gasteiger partial charge in [-0.2, -0.15) is 0 Å². The van der Waals surface area contributed by atoms with Crippen LogP contribution >= 0.6 is 0 Å². The molecule has 30 heavy (non-hydrogen) atoms. The van der Waals surface area contributed by atoms with Crippen molar-refractivity contribution in [3.05, 3.63) is 12.2 Å². The van der Waals surface area contributed by atoms with Gasteiger partial charge in [0.1, 0.15) is 0 Å². The number of rotatable bonds is 14. The summed E-state index contributed by atoms with van der Waals surface area (Å²) in [6.45, 7) is 2.86. The molecule has 10 nitrogen and oxygen atoms in total. The summed E-state index contributed by atoms with van der Waals surface area (Å²) in [6, 6.07) is 0. The molecule has 0 radical (unpaired) electrons. The molecule has 0 aromatic rings. The van der Waals surface area contributed by atoms with Crippen LogP contribution in [-0.4, -0.2) is 51.0 Å². The third kappa shape index (κ3) is 16.2. The average molecular weight is 432 g/mol. The maximum absolute atomic E-state index is 11.6. The predicted molar refractivity (Wildman–Crippen MR) is 104 cm³/mol. The lowest BCUT2D eigenvalue weighted by molar-refractivity contribution is -0.167. The van der Waals surface area contributed by atoms with E-state index in [4.69, 9.17) is 9.47 Å². The SMILES string of the molecule is COC(=O)OC(C)OC(=O)C=CCCCCCCCCC(=O)OC(C)OC(=O)OC. The number of unbranched alkanes of at least 4 members (excludes halogenated alkanes) is 6. The molecule has 0 rings (SSSR count). The normalized spacial score (nSPS) is 12.5.